The van der Waals surface area contributed by atoms with E-state index in [0.29, 0.717) is 17.9 Å². The van der Waals surface area contributed by atoms with Gasteiger partial charge in [-0.2, -0.15) is 0 Å². The number of hydrogen-bond donors (Lipinski definition) is 1. The number of fused-ring (bicyclic) bond motifs is 2. The Morgan fingerprint density at radius 1 is 1.14 bits per heavy atom. The summed E-state index contributed by atoms with van der Waals surface area (Å²) in [6.45, 7) is 7.03. The van der Waals surface area contributed by atoms with Gasteiger partial charge in [-0.3, -0.25) is 14.5 Å². The van der Waals surface area contributed by atoms with E-state index >= 15 is 0 Å². The minimum absolute atomic E-state index is 0.0321. The topological polar surface area (TPSA) is 49.4 Å². The van der Waals surface area contributed by atoms with Gasteiger partial charge in [0.15, 0.2) is 0 Å². The van der Waals surface area contributed by atoms with Crippen molar-refractivity contribution in [3.05, 3.63) is 0 Å². The fourth-order valence-corrected chi connectivity index (χ4v) is 5.42. The first-order valence-corrected chi connectivity index (χ1v) is 8.45. The Hall–Kier alpha value is -0.900. The van der Waals surface area contributed by atoms with Crippen LogP contribution < -0.4 is 5.32 Å². The molecule has 2 amide bonds. The van der Waals surface area contributed by atoms with E-state index < -0.39 is 0 Å². The Morgan fingerprint density at radius 2 is 1.86 bits per heavy atom. The smallest absolute Gasteiger partial charge is 0.247 e. The second-order valence-corrected chi connectivity index (χ2v) is 8.60. The van der Waals surface area contributed by atoms with Gasteiger partial charge in [-0.25, -0.2) is 0 Å². The van der Waals surface area contributed by atoms with Crippen LogP contribution in [0.1, 0.15) is 59.3 Å². The molecule has 0 spiro atoms. The molecule has 1 aliphatic heterocycles. The first-order valence-electron chi connectivity index (χ1n) is 8.45. The van der Waals surface area contributed by atoms with Crippen molar-refractivity contribution >= 4 is 11.8 Å². The highest BCUT2D eigenvalue weighted by atomic mass is 16.2. The molecular formula is C17H26N2O2. The average Bonchev–Trinajstić information content (AvgIpc) is 3.03. The molecule has 0 aromatic carbocycles. The Kier molecular flexibility index (Phi) is 2.68. The highest BCUT2D eigenvalue weighted by Crippen LogP contribution is 2.62. The molecule has 4 heteroatoms. The number of likely N-dealkylation sites (tertiary alicyclic amines) is 1. The SMILES string of the molecule is CC12CCC(C1)C(C)(C)C2NC1CC(=O)N(C2CC2)C1=O. The molecular weight excluding hydrogens is 264 g/mol. The molecule has 116 valence electrons. The number of carbonyl (C=O) groups is 2. The van der Waals surface area contributed by atoms with Crippen LogP contribution in [-0.2, 0) is 9.59 Å². The van der Waals surface area contributed by atoms with Crippen LogP contribution in [0.4, 0.5) is 0 Å². The molecule has 0 aromatic rings. The van der Waals surface area contributed by atoms with Crippen LogP contribution in [0.3, 0.4) is 0 Å². The Balaban J connectivity index is 1.54. The lowest BCUT2D eigenvalue weighted by atomic mass is 9.68. The van der Waals surface area contributed by atoms with E-state index in [2.05, 4.69) is 26.1 Å². The third-order valence-electron chi connectivity index (χ3n) is 6.73. The molecule has 4 atom stereocenters. The van der Waals surface area contributed by atoms with Gasteiger partial charge in [-0.05, 0) is 48.9 Å². The highest BCUT2D eigenvalue weighted by molar-refractivity contribution is 6.06. The maximum atomic E-state index is 12.5. The van der Waals surface area contributed by atoms with Crippen molar-refractivity contribution in [2.45, 2.75) is 77.4 Å². The summed E-state index contributed by atoms with van der Waals surface area (Å²) < 4.78 is 0. The zero-order valence-corrected chi connectivity index (χ0v) is 13.3. The maximum Gasteiger partial charge on any atom is 0.247 e. The predicted molar refractivity (Wildman–Crippen MR) is 79.4 cm³/mol. The van der Waals surface area contributed by atoms with Gasteiger partial charge in [0.05, 0.1) is 12.5 Å². The lowest BCUT2D eigenvalue weighted by Gasteiger charge is -2.44. The first kappa shape index (κ1) is 13.7. The Morgan fingerprint density at radius 3 is 2.43 bits per heavy atom. The van der Waals surface area contributed by atoms with Crippen LogP contribution in [0, 0.1) is 16.7 Å². The number of rotatable bonds is 3. The molecule has 4 aliphatic rings. The van der Waals surface area contributed by atoms with Gasteiger partial charge in [0.1, 0.15) is 0 Å². The van der Waals surface area contributed by atoms with Crippen LogP contribution in [0.2, 0.25) is 0 Å². The van der Waals surface area contributed by atoms with Crippen molar-refractivity contribution in [3.63, 3.8) is 0 Å². The molecule has 4 nitrogen and oxygen atoms in total. The summed E-state index contributed by atoms with van der Waals surface area (Å²) >= 11 is 0. The molecule has 0 aromatic heterocycles. The molecule has 1 heterocycles. The summed E-state index contributed by atoms with van der Waals surface area (Å²) in [5.74, 6) is 0.822. The zero-order valence-electron chi connectivity index (χ0n) is 13.3. The predicted octanol–water partition coefficient (Wildman–Crippen LogP) is 2.08. The van der Waals surface area contributed by atoms with Gasteiger partial charge < -0.3 is 5.32 Å². The van der Waals surface area contributed by atoms with Crippen molar-refractivity contribution in [1.29, 1.82) is 0 Å². The summed E-state index contributed by atoms with van der Waals surface area (Å²) in [7, 11) is 0. The van der Waals surface area contributed by atoms with Crippen molar-refractivity contribution < 1.29 is 9.59 Å². The molecule has 3 aliphatic carbocycles. The van der Waals surface area contributed by atoms with Gasteiger partial charge >= 0.3 is 0 Å². The van der Waals surface area contributed by atoms with E-state index in [-0.39, 0.29) is 29.3 Å². The van der Waals surface area contributed by atoms with Crippen LogP contribution in [0.15, 0.2) is 0 Å². The summed E-state index contributed by atoms with van der Waals surface area (Å²) in [6, 6.07) is 0.281. The number of carbonyl (C=O) groups excluding carboxylic acids is 2. The van der Waals surface area contributed by atoms with E-state index in [0.717, 1.165) is 18.8 Å². The lowest BCUT2D eigenvalue weighted by Crippen LogP contribution is -2.55. The normalized spacial score (nSPS) is 44.9. The van der Waals surface area contributed by atoms with Gasteiger partial charge in [-0.15, -0.1) is 0 Å². The molecule has 1 saturated heterocycles. The molecule has 1 N–H and O–H groups in total. The fourth-order valence-electron chi connectivity index (χ4n) is 5.42. The summed E-state index contributed by atoms with van der Waals surface area (Å²) in [4.78, 5) is 26.2. The van der Waals surface area contributed by atoms with Gasteiger partial charge in [0.25, 0.3) is 0 Å². The van der Waals surface area contributed by atoms with Crippen LogP contribution in [-0.4, -0.2) is 34.8 Å². The largest absolute Gasteiger partial charge is 0.302 e. The number of nitrogens with one attached hydrogen (secondary N) is 1. The van der Waals surface area contributed by atoms with E-state index in [9.17, 15) is 9.59 Å². The number of imide groups is 1. The molecule has 4 fully saturated rings. The molecule has 0 radical (unpaired) electrons. The van der Waals surface area contributed by atoms with Gasteiger partial charge in [0, 0.05) is 12.1 Å². The lowest BCUT2D eigenvalue weighted by molar-refractivity contribution is -0.139. The van der Waals surface area contributed by atoms with Crippen molar-refractivity contribution in [2.24, 2.45) is 16.7 Å². The summed E-state index contributed by atoms with van der Waals surface area (Å²) in [5.41, 5.74) is 0.522. The Bertz CT molecular complexity index is 506. The van der Waals surface area contributed by atoms with E-state index in [4.69, 9.17) is 0 Å². The second-order valence-electron chi connectivity index (χ2n) is 8.60. The van der Waals surface area contributed by atoms with Crippen LogP contribution in [0.25, 0.3) is 0 Å². The second kappa shape index (κ2) is 4.09. The number of hydrogen-bond acceptors (Lipinski definition) is 3. The molecule has 4 rings (SSSR count). The van der Waals surface area contributed by atoms with Crippen LogP contribution in [0.5, 0.6) is 0 Å². The maximum absolute atomic E-state index is 12.5. The van der Waals surface area contributed by atoms with Gasteiger partial charge in [0.2, 0.25) is 11.8 Å². The highest BCUT2D eigenvalue weighted by Gasteiger charge is 2.60. The van der Waals surface area contributed by atoms with E-state index in [1.807, 2.05) is 0 Å². The van der Waals surface area contributed by atoms with E-state index in [1.165, 1.54) is 19.3 Å². The van der Waals surface area contributed by atoms with Crippen LogP contribution >= 0.6 is 0 Å². The molecule has 21 heavy (non-hydrogen) atoms. The Labute approximate surface area is 126 Å². The summed E-state index contributed by atoms with van der Waals surface area (Å²) in [5, 5.41) is 3.62. The third-order valence-corrected chi connectivity index (χ3v) is 6.73. The van der Waals surface area contributed by atoms with E-state index in [1.54, 1.807) is 4.90 Å². The van der Waals surface area contributed by atoms with Crippen molar-refractivity contribution in [3.8, 4) is 0 Å². The summed E-state index contributed by atoms with van der Waals surface area (Å²) in [6.07, 6.45) is 6.19. The van der Waals surface area contributed by atoms with Crippen molar-refractivity contribution in [1.82, 2.24) is 10.2 Å². The minimum Gasteiger partial charge on any atom is -0.302 e. The first-order chi connectivity index (χ1) is 9.83. The average molecular weight is 290 g/mol. The zero-order chi connectivity index (χ0) is 15.0. The number of nitrogens with zero attached hydrogens (tertiary/aromatic N) is 1. The van der Waals surface area contributed by atoms with Gasteiger partial charge in [-0.1, -0.05) is 20.8 Å². The third kappa shape index (κ3) is 1.84. The quantitative estimate of drug-likeness (QED) is 0.810. The molecule has 4 unspecified atom stereocenters. The standard InChI is InChI=1S/C17H26N2O2/c1-16(2)10-6-7-17(3,9-10)15(16)18-12-8-13(20)19(14(12)21)11-4-5-11/h10-12,15,18H,4-9H2,1-3H3. The fraction of sp³-hybridized carbons (Fsp3) is 0.882. The van der Waals surface area contributed by atoms with Crippen molar-refractivity contribution in [2.75, 3.05) is 0 Å². The molecule has 3 saturated carbocycles. The number of amides is 2. The minimum atomic E-state index is -0.279. The monoisotopic (exact) mass is 290 g/mol. The molecule has 2 bridgehead atoms.